The molecule has 0 aliphatic carbocycles. The van der Waals surface area contributed by atoms with Gasteiger partial charge in [0.05, 0.1) is 26.5 Å². The molecule has 1 amide bonds. The summed E-state index contributed by atoms with van der Waals surface area (Å²) in [6.45, 7) is 0.650. The highest BCUT2D eigenvalue weighted by molar-refractivity contribution is 5.94. The Morgan fingerprint density at radius 2 is 2.04 bits per heavy atom. The summed E-state index contributed by atoms with van der Waals surface area (Å²) in [4.78, 5) is 25.3. The highest BCUT2D eigenvalue weighted by Crippen LogP contribution is 2.29. The van der Waals surface area contributed by atoms with E-state index in [4.69, 9.17) is 9.47 Å². The first-order chi connectivity index (χ1) is 11.0. The number of piperidine rings is 1. The average Bonchev–Trinajstić information content (AvgIpc) is 2.55. The predicted molar refractivity (Wildman–Crippen MR) is 92.3 cm³/mol. The number of nitrogens with one attached hydrogen (secondary N) is 1. The fourth-order valence-corrected chi connectivity index (χ4v) is 2.75. The Balaban J connectivity index is 0.00000288. The molecule has 1 fully saturated rings. The van der Waals surface area contributed by atoms with E-state index in [-0.39, 0.29) is 24.9 Å². The Morgan fingerprint density at radius 1 is 1.29 bits per heavy atom. The van der Waals surface area contributed by atoms with Crippen LogP contribution in [0.2, 0.25) is 0 Å². The summed E-state index contributed by atoms with van der Waals surface area (Å²) in [5, 5.41) is 12.0. The first kappa shape index (κ1) is 20.1. The summed E-state index contributed by atoms with van der Waals surface area (Å²) >= 11 is 0. The van der Waals surface area contributed by atoms with E-state index in [0.29, 0.717) is 30.2 Å². The van der Waals surface area contributed by atoms with E-state index in [2.05, 4.69) is 5.32 Å². The topological polar surface area (TPSA) is 88.1 Å². The second-order valence-electron chi connectivity index (χ2n) is 5.43. The zero-order valence-corrected chi connectivity index (χ0v) is 14.6. The summed E-state index contributed by atoms with van der Waals surface area (Å²) in [6.07, 6.45) is 2.35. The molecule has 2 N–H and O–H groups in total. The van der Waals surface area contributed by atoms with Gasteiger partial charge in [0.2, 0.25) is 5.91 Å². The summed E-state index contributed by atoms with van der Waals surface area (Å²) in [5.41, 5.74) is 0.501. The fraction of sp³-hybridized carbons (Fsp3) is 0.500. The number of likely N-dealkylation sites (tertiary alicyclic amines) is 1. The monoisotopic (exact) mass is 358 g/mol. The second-order valence-corrected chi connectivity index (χ2v) is 5.43. The number of amides is 1. The van der Waals surface area contributed by atoms with Crippen molar-refractivity contribution in [1.82, 2.24) is 4.90 Å². The van der Waals surface area contributed by atoms with Crippen LogP contribution in [0, 0.1) is 0 Å². The van der Waals surface area contributed by atoms with E-state index in [1.54, 1.807) is 30.2 Å². The molecule has 0 spiro atoms. The normalized spacial score (nSPS) is 17.5. The van der Waals surface area contributed by atoms with Crippen molar-refractivity contribution in [2.75, 3.05) is 32.6 Å². The minimum Gasteiger partial charge on any atom is -0.497 e. The smallest absolute Gasteiger partial charge is 0.320 e. The van der Waals surface area contributed by atoms with Crippen LogP contribution in [0.3, 0.4) is 0 Å². The number of benzene rings is 1. The van der Waals surface area contributed by atoms with Crippen molar-refractivity contribution in [3.05, 3.63) is 18.2 Å². The summed E-state index contributed by atoms with van der Waals surface area (Å²) in [5.74, 6) is -0.0313. The number of halogens is 1. The second kappa shape index (κ2) is 9.34. The van der Waals surface area contributed by atoms with Gasteiger partial charge >= 0.3 is 5.97 Å². The summed E-state index contributed by atoms with van der Waals surface area (Å²) in [7, 11) is 3.06. The van der Waals surface area contributed by atoms with Gasteiger partial charge in [0.25, 0.3) is 0 Å². The molecule has 0 bridgehead atoms. The molecule has 1 saturated heterocycles. The maximum Gasteiger partial charge on any atom is 0.320 e. The van der Waals surface area contributed by atoms with Gasteiger partial charge in [0.1, 0.15) is 17.5 Å². The number of aliphatic carboxylic acids is 1. The van der Waals surface area contributed by atoms with Gasteiger partial charge in [-0.3, -0.25) is 14.5 Å². The van der Waals surface area contributed by atoms with Crippen molar-refractivity contribution in [3.63, 3.8) is 0 Å². The number of carbonyl (C=O) groups excluding carboxylic acids is 1. The molecule has 1 aromatic carbocycles. The number of nitrogens with zero attached hydrogens (tertiary/aromatic N) is 1. The number of ether oxygens (including phenoxy) is 2. The van der Waals surface area contributed by atoms with E-state index in [1.165, 1.54) is 7.11 Å². The fourth-order valence-electron chi connectivity index (χ4n) is 2.75. The van der Waals surface area contributed by atoms with Gasteiger partial charge in [-0.15, -0.1) is 12.4 Å². The first-order valence-corrected chi connectivity index (χ1v) is 7.54. The Bertz CT molecular complexity index is 582. The number of hydrogen-bond donors (Lipinski definition) is 2. The molecule has 0 saturated carbocycles. The van der Waals surface area contributed by atoms with E-state index in [1.807, 2.05) is 0 Å². The van der Waals surface area contributed by atoms with E-state index in [9.17, 15) is 14.7 Å². The Kier molecular flexibility index (Phi) is 7.81. The molecule has 0 radical (unpaired) electrons. The highest BCUT2D eigenvalue weighted by atomic mass is 35.5. The standard InChI is InChI=1S/C16H22N2O5.ClH/c1-22-11-6-7-14(23-2)12(9-11)17-15(19)10-18-8-4-3-5-13(18)16(20)21;/h6-7,9,13H,3-5,8,10H2,1-2H3,(H,17,19)(H,20,21);1H. The minimum absolute atomic E-state index is 0. The van der Waals surface area contributed by atoms with Gasteiger partial charge in [0, 0.05) is 6.07 Å². The zero-order chi connectivity index (χ0) is 16.8. The lowest BCUT2D eigenvalue weighted by Crippen LogP contribution is -2.47. The Morgan fingerprint density at radius 3 is 2.67 bits per heavy atom. The number of carboxylic acid groups (broad SMARTS) is 1. The average molecular weight is 359 g/mol. The van der Waals surface area contributed by atoms with Gasteiger partial charge in [-0.1, -0.05) is 6.42 Å². The van der Waals surface area contributed by atoms with E-state index in [0.717, 1.165) is 12.8 Å². The third kappa shape index (κ3) is 5.01. The number of carboxylic acids is 1. The Hall–Kier alpha value is -1.99. The molecule has 134 valence electrons. The SMILES string of the molecule is COc1ccc(OC)c(NC(=O)CN2CCCCC2C(=O)O)c1.Cl. The van der Waals surface area contributed by atoms with Gasteiger partial charge in [-0.25, -0.2) is 0 Å². The van der Waals surface area contributed by atoms with Crippen molar-refractivity contribution in [2.45, 2.75) is 25.3 Å². The molecular formula is C16H23ClN2O5. The molecule has 8 heteroatoms. The third-order valence-corrected chi connectivity index (χ3v) is 3.93. The van der Waals surface area contributed by atoms with Gasteiger partial charge in [0.15, 0.2) is 0 Å². The van der Waals surface area contributed by atoms with E-state index < -0.39 is 12.0 Å². The minimum atomic E-state index is -0.878. The van der Waals surface area contributed by atoms with Crippen LogP contribution in [-0.4, -0.2) is 55.2 Å². The molecule has 1 aliphatic heterocycles. The van der Waals surface area contributed by atoms with Crippen molar-refractivity contribution >= 4 is 30.0 Å². The van der Waals surface area contributed by atoms with Crippen LogP contribution in [0.25, 0.3) is 0 Å². The largest absolute Gasteiger partial charge is 0.497 e. The van der Waals surface area contributed by atoms with Crippen molar-refractivity contribution < 1.29 is 24.2 Å². The molecule has 1 heterocycles. The molecule has 1 atom stereocenters. The number of methoxy groups -OCH3 is 2. The lowest BCUT2D eigenvalue weighted by molar-refractivity contribution is -0.145. The molecule has 1 aliphatic rings. The zero-order valence-electron chi connectivity index (χ0n) is 13.8. The van der Waals surface area contributed by atoms with Crippen molar-refractivity contribution in [3.8, 4) is 11.5 Å². The number of rotatable bonds is 6. The van der Waals surface area contributed by atoms with Crippen LogP contribution in [0.15, 0.2) is 18.2 Å². The maximum absolute atomic E-state index is 12.3. The quantitative estimate of drug-likeness (QED) is 0.808. The summed E-state index contributed by atoms with van der Waals surface area (Å²) < 4.78 is 10.4. The predicted octanol–water partition coefficient (Wildman–Crippen LogP) is 2.00. The first-order valence-electron chi connectivity index (χ1n) is 7.54. The van der Waals surface area contributed by atoms with Crippen LogP contribution >= 0.6 is 12.4 Å². The number of carbonyl (C=O) groups is 2. The van der Waals surface area contributed by atoms with Crippen LogP contribution in [0.4, 0.5) is 5.69 Å². The van der Waals surface area contributed by atoms with Gasteiger partial charge in [-0.05, 0) is 31.5 Å². The molecular weight excluding hydrogens is 336 g/mol. The molecule has 1 unspecified atom stereocenters. The highest BCUT2D eigenvalue weighted by Gasteiger charge is 2.29. The number of anilines is 1. The van der Waals surface area contributed by atoms with Crippen LogP contribution < -0.4 is 14.8 Å². The van der Waals surface area contributed by atoms with Crippen LogP contribution in [0.1, 0.15) is 19.3 Å². The number of hydrogen-bond acceptors (Lipinski definition) is 5. The van der Waals surface area contributed by atoms with Crippen molar-refractivity contribution in [2.24, 2.45) is 0 Å². The van der Waals surface area contributed by atoms with Crippen molar-refractivity contribution in [1.29, 1.82) is 0 Å². The van der Waals surface area contributed by atoms with E-state index >= 15 is 0 Å². The van der Waals surface area contributed by atoms with Gasteiger partial charge in [-0.2, -0.15) is 0 Å². The van der Waals surface area contributed by atoms with Gasteiger partial charge < -0.3 is 19.9 Å². The maximum atomic E-state index is 12.3. The lowest BCUT2D eigenvalue weighted by Gasteiger charge is -2.32. The lowest BCUT2D eigenvalue weighted by atomic mass is 10.0. The van der Waals surface area contributed by atoms with Crippen LogP contribution in [0.5, 0.6) is 11.5 Å². The molecule has 0 aromatic heterocycles. The molecule has 24 heavy (non-hydrogen) atoms. The Labute approximate surface area is 147 Å². The van der Waals surface area contributed by atoms with Crippen LogP contribution in [-0.2, 0) is 9.59 Å². The molecule has 2 rings (SSSR count). The third-order valence-electron chi connectivity index (χ3n) is 3.93. The molecule has 1 aromatic rings. The molecule has 7 nitrogen and oxygen atoms in total. The summed E-state index contributed by atoms with van der Waals surface area (Å²) in [6, 6.07) is 4.51.